The van der Waals surface area contributed by atoms with Crippen molar-refractivity contribution in [2.75, 3.05) is 24.3 Å². The molecule has 7 heteroatoms. The molecule has 0 aliphatic rings. The zero-order valence-electron chi connectivity index (χ0n) is 14.0. The number of benzene rings is 2. The van der Waals surface area contributed by atoms with Crippen molar-refractivity contribution >= 4 is 34.9 Å². The molecule has 2 aromatic carbocycles. The van der Waals surface area contributed by atoms with E-state index in [1.165, 1.54) is 19.1 Å². The highest BCUT2D eigenvalue weighted by Crippen LogP contribution is 2.22. The summed E-state index contributed by atoms with van der Waals surface area (Å²) in [5.41, 5.74) is 1.52. The van der Waals surface area contributed by atoms with Crippen molar-refractivity contribution in [3.8, 4) is 0 Å². The minimum absolute atomic E-state index is 0.0613. The minimum Gasteiger partial charge on any atom is -0.449 e. The van der Waals surface area contributed by atoms with Crippen molar-refractivity contribution in [1.82, 2.24) is 0 Å². The van der Waals surface area contributed by atoms with Gasteiger partial charge in [0.15, 0.2) is 6.10 Å². The molecule has 1 N–H and O–H groups in total. The van der Waals surface area contributed by atoms with Gasteiger partial charge < -0.3 is 15.0 Å². The maximum atomic E-state index is 13.0. The fourth-order valence-electron chi connectivity index (χ4n) is 2.00. The summed E-state index contributed by atoms with van der Waals surface area (Å²) < 4.78 is 18.2. The average Bonchev–Trinajstić information content (AvgIpc) is 2.57. The van der Waals surface area contributed by atoms with Gasteiger partial charge in [-0.05, 0) is 49.4 Å². The third-order valence-corrected chi connectivity index (χ3v) is 3.77. The molecule has 5 nitrogen and oxygen atoms in total. The van der Waals surface area contributed by atoms with Crippen molar-refractivity contribution in [3.05, 3.63) is 58.9 Å². The van der Waals surface area contributed by atoms with Gasteiger partial charge in [-0.2, -0.15) is 0 Å². The maximum absolute atomic E-state index is 13.0. The fourth-order valence-corrected chi connectivity index (χ4v) is 2.22. The Balaban J connectivity index is 1.99. The number of esters is 1. The van der Waals surface area contributed by atoms with Crippen LogP contribution in [-0.2, 0) is 9.53 Å². The molecule has 0 unspecified atom stereocenters. The fraction of sp³-hybridized carbons (Fsp3) is 0.222. The Bertz CT molecular complexity index is 778. The van der Waals surface area contributed by atoms with Gasteiger partial charge in [0.25, 0.3) is 5.91 Å². The summed E-state index contributed by atoms with van der Waals surface area (Å²) in [6, 6.07) is 10.4. The first-order chi connectivity index (χ1) is 11.8. The summed E-state index contributed by atoms with van der Waals surface area (Å²) in [5, 5.41) is 2.56. The lowest BCUT2D eigenvalue weighted by Crippen LogP contribution is -2.30. The second kappa shape index (κ2) is 7.98. The van der Waals surface area contributed by atoms with Crippen molar-refractivity contribution in [2.24, 2.45) is 0 Å². The van der Waals surface area contributed by atoms with E-state index in [4.69, 9.17) is 16.3 Å². The van der Waals surface area contributed by atoms with Crippen molar-refractivity contribution < 1.29 is 18.7 Å². The molecule has 0 aliphatic carbocycles. The van der Waals surface area contributed by atoms with E-state index in [0.29, 0.717) is 5.56 Å². The van der Waals surface area contributed by atoms with Crippen LogP contribution in [0.5, 0.6) is 0 Å². The van der Waals surface area contributed by atoms with Gasteiger partial charge >= 0.3 is 5.97 Å². The molecule has 2 rings (SSSR count). The number of nitrogens with one attached hydrogen (secondary N) is 1. The molecule has 2 aromatic rings. The molecule has 0 saturated carbocycles. The molecule has 1 atom stereocenters. The van der Waals surface area contributed by atoms with Gasteiger partial charge in [-0.3, -0.25) is 4.79 Å². The summed E-state index contributed by atoms with van der Waals surface area (Å²) in [7, 11) is 3.78. The highest BCUT2D eigenvalue weighted by molar-refractivity contribution is 6.33. The summed E-state index contributed by atoms with van der Waals surface area (Å²) in [5.74, 6) is -1.69. The Labute approximate surface area is 150 Å². The van der Waals surface area contributed by atoms with E-state index >= 15 is 0 Å². The van der Waals surface area contributed by atoms with Crippen LogP contribution in [-0.4, -0.2) is 32.1 Å². The Kier molecular flexibility index (Phi) is 5.98. The number of ether oxygens (including phenoxy) is 1. The first kappa shape index (κ1) is 18.7. The van der Waals surface area contributed by atoms with Gasteiger partial charge in [-0.1, -0.05) is 11.6 Å². The van der Waals surface area contributed by atoms with E-state index in [1.54, 1.807) is 24.3 Å². The zero-order valence-corrected chi connectivity index (χ0v) is 14.8. The Hall–Kier alpha value is -2.60. The zero-order chi connectivity index (χ0) is 18.6. The Morgan fingerprint density at radius 2 is 1.80 bits per heavy atom. The van der Waals surface area contributed by atoms with Crippen LogP contribution in [0.4, 0.5) is 15.8 Å². The molecular formula is C18H18ClFN2O3. The number of carbonyl (C=O) groups is 2. The quantitative estimate of drug-likeness (QED) is 0.821. The number of nitrogens with zero attached hydrogens (tertiary/aromatic N) is 1. The first-order valence-electron chi connectivity index (χ1n) is 7.52. The summed E-state index contributed by atoms with van der Waals surface area (Å²) in [6.07, 6.45) is -1.04. The van der Waals surface area contributed by atoms with E-state index in [9.17, 15) is 14.0 Å². The average molecular weight is 365 g/mol. The monoisotopic (exact) mass is 364 g/mol. The Morgan fingerprint density at radius 3 is 2.36 bits per heavy atom. The highest BCUT2D eigenvalue weighted by atomic mass is 35.5. The number of carbonyl (C=O) groups excluding carboxylic acids is 2. The largest absolute Gasteiger partial charge is 0.449 e. The van der Waals surface area contributed by atoms with Crippen molar-refractivity contribution in [2.45, 2.75) is 13.0 Å². The smallest absolute Gasteiger partial charge is 0.338 e. The summed E-state index contributed by atoms with van der Waals surface area (Å²) >= 11 is 5.85. The highest BCUT2D eigenvalue weighted by Gasteiger charge is 2.20. The second-order valence-corrected chi connectivity index (χ2v) is 6.01. The van der Waals surface area contributed by atoms with Gasteiger partial charge in [0.05, 0.1) is 16.3 Å². The third kappa shape index (κ3) is 4.93. The Morgan fingerprint density at radius 1 is 1.16 bits per heavy atom. The van der Waals surface area contributed by atoms with E-state index < -0.39 is 23.8 Å². The van der Waals surface area contributed by atoms with Crippen LogP contribution in [0.15, 0.2) is 42.5 Å². The number of rotatable bonds is 5. The normalized spacial score (nSPS) is 11.6. The van der Waals surface area contributed by atoms with Crippen LogP contribution in [0.1, 0.15) is 17.3 Å². The lowest BCUT2D eigenvalue weighted by atomic mass is 10.2. The predicted octanol–water partition coefficient (Wildman–Crippen LogP) is 3.73. The molecule has 0 bridgehead atoms. The van der Waals surface area contributed by atoms with Crippen LogP contribution in [0.3, 0.4) is 0 Å². The molecule has 132 valence electrons. The van der Waals surface area contributed by atoms with Crippen LogP contribution in [0.25, 0.3) is 0 Å². The molecule has 25 heavy (non-hydrogen) atoms. The van der Waals surface area contributed by atoms with Gasteiger partial charge in [0, 0.05) is 19.8 Å². The number of hydrogen-bond acceptors (Lipinski definition) is 4. The van der Waals surface area contributed by atoms with E-state index in [2.05, 4.69) is 5.32 Å². The molecule has 0 aliphatic heterocycles. The first-order valence-corrected chi connectivity index (χ1v) is 7.90. The molecule has 0 heterocycles. The van der Waals surface area contributed by atoms with Crippen LogP contribution in [0.2, 0.25) is 5.02 Å². The van der Waals surface area contributed by atoms with Gasteiger partial charge in [-0.25, -0.2) is 9.18 Å². The van der Waals surface area contributed by atoms with Crippen LogP contribution in [0, 0.1) is 5.82 Å². The SMILES string of the molecule is C[C@@H](OC(=O)c1ccc(N(C)C)cc1)C(=O)Nc1ccc(F)cc1Cl. The van der Waals surface area contributed by atoms with E-state index in [1.807, 2.05) is 19.0 Å². The van der Waals surface area contributed by atoms with Crippen LogP contribution >= 0.6 is 11.6 Å². The van der Waals surface area contributed by atoms with Gasteiger partial charge in [0.1, 0.15) is 5.82 Å². The maximum Gasteiger partial charge on any atom is 0.338 e. The van der Waals surface area contributed by atoms with Crippen LogP contribution < -0.4 is 10.2 Å². The molecule has 0 spiro atoms. The van der Waals surface area contributed by atoms with E-state index in [-0.39, 0.29) is 10.7 Å². The molecule has 0 saturated heterocycles. The molecule has 0 aromatic heterocycles. The van der Waals surface area contributed by atoms with Crippen molar-refractivity contribution in [3.63, 3.8) is 0 Å². The van der Waals surface area contributed by atoms with E-state index in [0.717, 1.165) is 11.8 Å². The topological polar surface area (TPSA) is 58.6 Å². The molecular weight excluding hydrogens is 347 g/mol. The minimum atomic E-state index is -1.04. The summed E-state index contributed by atoms with van der Waals surface area (Å²) in [6.45, 7) is 1.44. The number of amides is 1. The lowest BCUT2D eigenvalue weighted by molar-refractivity contribution is -0.123. The number of halogens is 2. The molecule has 0 radical (unpaired) electrons. The lowest BCUT2D eigenvalue weighted by Gasteiger charge is -2.15. The standard InChI is InChI=1S/C18H18ClFN2O3/c1-11(17(23)21-16-9-6-13(20)10-15(16)19)25-18(24)12-4-7-14(8-5-12)22(2)3/h4-11H,1-3H3,(H,21,23)/t11-/m1/s1. The number of hydrogen-bond donors (Lipinski definition) is 1. The third-order valence-electron chi connectivity index (χ3n) is 3.46. The summed E-state index contributed by atoms with van der Waals surface area (Å²) in [4.78, 5) is 26.1. The van der Waals surface area contributed by atoms with Crippen molar-refractivity contribution in [1.29, 1.82) is 0 Å². The van der Waals surface area contributed by atoms with Gasteiger partial charge in [0.2, 0.25) is 0 Å². The molecule has 0 fully saturated rings. The van der Waals surface area contributed by atoms with Gasteiger partial charge in [-0.15, -0.1) is 0 Å². The second-order valence-electron chi connectivity index (χ2n) is 5.60. The predicted molar refractivity (Wildman–Crippen MR) is 95.7 cm³/mol. The molecule has 1 amide bonds. The number of anilines is 2.